The molecule has 1 unspecified atom stereocenters. The first-order chi connectivity index (χ1) is 17.8. The standard InChI is InChI=1S/C30H34N4O3/c1-18-12-19(2)14-22(13-18)32-29(35)21-8-11-28(31-17-21)34-24-9-10-25(34)16-23(15-24)33-30(36)26-6-5-7-27(37-4)20(26)3/h5-8,11-14,17,23-25H,9-10,15-16H2,1-4H3,(H,32,35)(H,33,36)/t23?,24-,25+. The van der Waals surface area contributed by atoms with Crippen LogP contribution >= 0.6 is 0 Å². The Bertz CT molecular complexity index is 1290. The van der Waals surface area contributed by atoms with E-state index in [2.05, 4.69) is 26.6 Å². The van der Waals surface area contributed by atoms with Crippen LogP contribution in [0.2, 0.25) is 0 Å². The summed E-state index contributed by atoms with van der Waals surface area (Å²) in [6.07, 6.45) is 5.56. The van der Waals surface area contributed by atoms with Gasteiger partial charge >= 0.3 is 0 Å². The quantitative estimate of drug-likeness (QED) is 0.488. The number of piperidine rings is 1. The number of amides is 2. The number of aryl methyl sites for hydroxylation is 2. The Labute approximate surface area is 218 Å². The molecule has 192 valence electrons. The maximum atomic E-state index is 13.0. The van der Waals surface area contributed by atoms with Crippen molar-refractivity contribution in [3.63, 3.8) is 0 Å². The summed E-state index contributed by atoms with van der Waals surface area (Å²) in [7, 11) is 1.62. The fourth-order valence-electron chi connectivity index (χ4n) is 5.94. The number of benzene rings is 2. The highest BCUT2D eigenvalue weighted by molar-refractivity contribution is 6.04. The van der Waals surface area contributed by atoms with Crippen LogP contribution in [0.1, 0.15) is 63.1 Å². The molecule has 2 aliphatic rings. The van der Waals surface area contributed by atoms with Crippen molar-refractivity contribution in [2.45, 2.75) is 64.6 Å². The van der Waals surface area contributed by atoms with E-state index in [0.717, 1.165) is 59.6 Å². The van der Waals surface area contributed by atoms with Crippen LogP contribution in [-0.2, 0) is 0 Å². The van der Waals surface area contributed by atoms with Crippen molar-refractivity contribution >= 4 is 23.3 Å². The van der Waals surface area contributed by atoms with E-state index >= 15 is 0 Å². The van der Waals surface area contributed by atoms with Crippen LogP contribution in [0, 0.1) is 20.8 Å². The summed E-state index contributed by atoms with van der Waals surface area (Å²) in [5.41, 5.74) is 5.05. The fourth-order valence-corrected chi connectivity index (χ4v) is 5.94. The predicted molar refractivity (Wildman–Crippen MR) is 146 cm³/mol. The van der Waals surface area contributed by atoms with Gasteiger partial charge in [0.05, 0.1) is 12.7 Å². The van der Waals surface area contributed by atoms with Crippen molar-refractivity contribution in [2.24, 2.45) is 0 Å². The number of fused-ring (bicyclic) bond motifs is 2. The molecule has 7 heteroatoms. The van der Waals surface area contributed by atoms with Crippen molar-refractivity contribution < 1.29 is 14.3 Å². The Morgan fingerprint density at radius 1 is 0.946 bits per heavy atom. The molecule has 0 radical (unpaired) electrons. The molecule has 2 N–H and O–H groups in total. The van der Waals surface area contributed by atoms with E-state index in [1.54, 1.807) is 13.3 Å². The number of anilines is 2. The summed E-state index contributed by atoms with van der Waals surface area (Å²) in [6.45, 7) is 5.95. The van der Waals surface area contributed by atoms with E-state index in [0.29, 0.717) is 23.2 Å². The van der Waals surface area contributed by atoms with Gasteiger partial charge in [-0.2, -0.15) is 0 Å². The monoisotopic (exact) mass is 498 g/mol. The third-order valence-electron chi connectivity index (χ3n) is 7.57. The second-order valence-corrected chi connectivity index (χ2v) is 10.3. The Hall–Kier alpha value is -3.87. The minimum absolute atomic E-state index is 0.0495. The number of rotatable bonds is 6. The zero-order valence-electron chi connectivity index (χ0n) is 21.9. The summed E-state index contributed by atoms with van der Waals surface area (Å²) in [6, 6.07) is 16.1. The first-order valence-electron chi connectivity index (χ1n) is 12.9. The summed E-state index contributed by atoms with van der Waals surface area (Å²) in [5.74, 6) is 1.40. The number of aromatic nitrogens is 1. The maximum absolute atomic E-state index is 13.0. The Balaban J connectivity index is 1.23. The summed E-state index contributed by atoms with van der Waals surface area (Å²) in [5, 5.41) is 6.24. The van der Waals surface area contributed by atoms with Crippen molar-refractivity contribution in [3.8, 4) is 5.75 Å². The fraction of sp³-hybridized carbons (Fsp3) is 0.367. The Morgan fingerprint density at radius 3 is 2.27 bits per heavy atom. The number of pyridine rings is 1. The van der Waals surface area contributed by atoms with Gasteiger partial charge in [0.25, 0.3) is 11.8 Å². The van der Waals surface area contributed by atoms with Gasteiger partial charge in [-0.1, -0.05) is 12.1 Å². The third-order valence-corrected chi connectivity index (χ3v) is 7.57. The van der Waals surface area contributed by atoms with Crippen LogP contribution in [-0.4, -0.2) is 42.0 Å². The molecule has 2 aromatic carbocycles. The molecule has 0 aliphatic carbocycles. The highest BCUT2D eigenvalue weighted by atomic mass is 16.5. The van der Waals surface area contributed by atoms with Gasteiger partial charge in [-0.05, 0) is 94.0 Å². The zero-order chi connectivity index (χ0) is 26.1. The van der Waals surface area contributed by atoms with E-state index < -0.39 is 0 Å². The highest BCUT2D eigenvalue weighted by Crippen LogP contribution is 2.38. The van der Waals surface area contributed by atoms with Gasteiger partial charge in [0.15, 0.2) is 0 Å². The molecule has 1 aromatic heterocycles. The van der Waals surface area contributed by atoms with Crippen LogP contribution in [0.3, 0.4) is 0 Å². The van der Waals surface area contributed by atoms with E-state index in [-0.39, 0.29) is 17.9 Å². The molecule has 2 fully saturated rings. The van der Waals surface area contributed by atoms with Gasteiger partial charge < -0.3 is 20.3 Å². The zero-order valence-corrected chi connectivity index (χ0v) is 21.9. The van der Waals surface area contributed by atoms with Gasteiger partial charge in [-0.3, -0.25) is 9.59 Å². The number of nitrogens with zero attached hydrogens (tertiary/aromatic N) is 2. The van der Waals surface area contributed by atoms with Crippen LogP contribution in [0.15, 0.2) is 54.7 Å². The predicted octanol–water partition coefficient (Wildman–Crippen LogP) is 5.20. The molecule has 0 spiro atoms. The van der Waals surface area contributed by atoms with Crippen LogP contribution in [0.25, 0.3) is 0 Å². The molecule has 7 nitrogen and oxygen atoms in total. The SMILES string of the molecule is COc1cccc(C(=O)NC2C[C@H]3CC[C@@H](C2)N3c2ccc(C(=O)Nc3cc(C)cc(C)c3)cn2)c1C. The van der Waals surface area contributed by atoms with Crippen molar-refractivity contribution in [1.82, 2.24) is 10.3 Å². The normalized spacial score (nSPS) is 20.4. The van der Waals surface area contributed by atoms with Crippen molar-refractivity contribution in [3.05, 3.63) is 82.5 Å². The molecular formula is C30H34N4O3. The minimum atomic E-state index is -0.165. The maximum Gasteiger partial charge on any atom is 0.257 e. The lowest BCUT2D eigenvalue weighted by Crippen LogP contribution is -2.50. The largest absolute Gasteiger partial charge is 0.496 e. The molecule has 0 saturated carbocycles. The molecule has 5 rings (SSSR count). The van der Waals surface area contributed by atoms with E-state index in [9.17, 15) is 9.59 Å². The summed E-state index contributed by atoms with van der Waals surface area (Å²) >= 11 is 0. The number of carbonyl (C=O) groups is 2. The van der Waals surface area contributed by atoms with Gasteiger partial charge in [0.2, 0.25) is 0 Å². The Kier molecular flexibility index (Phi) is 6.87. The first-order valence-corrected chi connectivity index (χ1v) is 12.9. The second-order valence-electron chi connectivity index (χ2n) is 10.3. The van der Waals surface area contributed by atoms with Gasteiger partial charge in [-0.25, -0.2) is 4.98 Å². The molecule has 37 heavy (non-hydrogen) atoms. The van der Waals surface area contributed by atoms with Crippen LogP contribution in [0.5, 0.6) is 5.75 Å². The molecule has 2 amide bonds. The average molecular weight is 499 g/mol. The molecule has 3 atom stereocenters. The molecule has 3 aromatic rings. The van der Waals surface area contributed by atoms with E-state index in [1.807, 2.05) is 63.2 Å². The third kappa shape index (κ3) is 5.17. The second kappa shape index (κ2) is 10.2. The first kappa shape index (κ1) is 24.8. The number of hydrogen-bond acceptors (Lipinski definition) is 5. The summed E-state index contributed by atoms with van der Waals surface area (Å²) < 4.78 is 5.38. The van der Waals surface area contributed by atoms with E-state index in [4.69, 9.17) is 4.74 Å². The van der Waals surface area contributed by atoms with Gasteiger partial charge in [-0.15, -0.1) is 0 Å². The number of carbonyl (C=O) groups excluding carboxylic acids is 2. The molecule has 2 bridgehead atoms. The molecule has 2 aliphatic heterocycles. The lowest BCUT2D eigenvalue weighted by atomic mass is 9.96. The smallest absolute Gasteiger partial charge is 0.257 e. The summed E-state index contributed by atoms with van der Waals surface area (Å²) in [4.78, 5) is 32.9. The number of nitrogens with one attached hydrogen (secondary N) is 2. The van der Waals surface area contributed by atoms with Gasteiger partial charge in [0.1, 0.15) is 11.6 Å². The molecular weight excluding hydrogens is 464 g/mol. The van der Waals surface area contributed by atoms with Crippen molar-refractivity contribution in [2.75, 3.05) is 17.3 Å². The number of hydrogen-bond donors (Lipinski definition) is 2. The van der Waals surface area contributed by atoms with E-state index in [1.165, 1.54) is 0 Å². The number of methoxy groups -OCH3 is 1. The van der Waals surface area contributed by atoms with Crippen molar-refractivity contribution in [1.29, 1.82) is 0 Å². The molecule has 2 saturated heterocycles. The lowest BCUT2D eigenvalue weighted by Gasteiger charge is -2.40. The van der Waals surface area contributed by atoms with Crippen LogP contribution in [0.4, 0.5) is 11.5 Å². The topological polar surface area (TPSA) is 83.6 Å². The Morgan fingerprint density at radius 2 is 1.65 bits per heavy atom. The highest BCUT2D eigenvalue weighted by Gasteiger charge is 2.42. The number of ether oxygens (including phenoxy) is 1. The molecule has 3 heterocycles. The van der Waals surface area contributed by atoms with Crippen LogP contribution < -0.4 is 20.3 Å². The minimum Gasteiger partial charge on any atom is -0.496 e. The van der Waals surface area contributed by atoms with Gasteiger partial charge in [0, 0.05) is 41.1 Å². The average Bonchev–Trinajstić information content (AvgIpc) is 3.13. The lowest BCUT2D eigenvalue weighted by molar-refractivity contribution is 0.0925.